The third-order valence-corrected chi connectivity index (χ3v) is 9.43. The van der Waals surface area contributed by atoms with Gasteiger partial charge in [-0.05, 0) is 47.5 Å². The van der Waals surface area contributed by atoms with E-state index in [0.29, 0.717) is 16.8 Å². The van der Waals surface area contributed by atoms with E-state index in [1.54, 1.807) is 0 Å². The number of nitrogens with zero attached hydrogens (tertiary/aromatic N) is 4. The molecular weight excluding hydrogens is 585 g/mol. The smallest absolute Gasteiger partial charge is 0.196 e. The van der Waals surface area contributed by atoms with Crippen molar-refractivity contribution in [3.05, 3.63) is 175 Å². The fourth-order valence-electron chi connectivity index (χ4n) is 7.44. The van der Waals surface area contributed by atoms with Crippen LogP contribution in [0.4, 0.5) is 5.69 Å². The molecule has 0 amide bonds. The molecule has 0 atom stereocenters. The maximum absolute atomic E-state index is 11.0. The van der Waals surface area contributed by atoms with Gasteiger partial charge in [0.2, 0.25) is 0 Å². The maximum atomic E-state index is 11.0. The normalized spacial score (nSPS) is 11.3. The van der Waals surface area contributed by atoms with E-state index in [1.165, 1.54) is 10.8 Å². The highest BCUT2D eigenvalue weighted by Crippen LogP contribution is 2.45. The first-order valence-electron chi connectivity index (χ1n) is 15.9. The minimum atomic E-state index is 0.442. The SMILES string of the molecule is [C-]#[N+]c1ccc(-n2c3ccccc3c3ccccc32)c(C#N)c1-c1ccccc1-c1ccccc1-n1c2ccccc2c2ccccc21. The van der Waals surface area contributed by atoms with Gasteiger partial charge in [0.1, 0.15) is 6.07 Å². The van der Waals surface area contributed by atoms with Gasteiger partial charge in [0.25, 0.3) is 0 Å². The van der Waals surface area contributed by atoms with E-state index in [4.69, 9.17) is 6.57 Å². The van der Waals surface area contributed by atoms with E-state index >= 15 is 0 Å². The van der Waals surface area contributed by atoms with Gasteiger partial charge < -0.3 is 9.13 Å². The van der Waals surface area contributed by atoms with Gasteiger partial charge in [0.15, 0.2) is 5.69 Å². The molecule has 0 saturated carbocycles. The lowest BCUT2D eigenvalue weighted by Gasteiger charge is -2.19. The summed E-state index contributed by atoms with van der Waals surface area (Å²) in [5, 5.41) is 15.6. The summed E-state index contributed by atoms with van der Waals surface area (Å²) in [6, 6.07) is 56.5. The largest absolute Gasteiger partial charge is 0.309 e. The van der Waals surface area contributed by atoms with E-state index in [-0.39, 0.29) is 0 Å². The van der Waals surface area contributed by atoms with Gasteiger partial charge in [-0.2, -0.15) is 5.26 Å². The van der Waals surface area contributed by atoms with Gasteiger partial charge in [0.05, 0.1) is 45.6 Å². The first-order valence-corrected chi connectivity index (χ1v) is 15.9. The summed E-state index contributed by atoms with van der Waals surface area (Å²) in [6.07, 6.45) is 0. The molecule has 222 valence electrons. The van der Waals surface area contributed by atoms with Crippen molar-refractivity contribution in [2.75, 3.05) is 0 Å². The minimum Gasteiger partial charge on any atom is -0.309 e. The molecular formula is C44H26N4. The van der Waals surface area contributed by atoms with E-state index in [2.05, 4.69) is 123 Å². The van der Waals surface area contributed by atoms with Crippen molar-refractivity contribution in [1.29, 1.82) is 5.26 Å². The van der Waals surface area contributed by atoms with Crippen LogP contribution in [-0.4, -0.2) is 9.13 Å². The minimum absolute atomic E-state index is 0.442. The molecule has 0 fully saturated rings. The molecule has 0 radical (unpaired) electrons. The average Bonchev–Trinajstić information content (AvgIpc) is 3.67. The Labute approximate surface area is 277 Å². The van der Waals surface area contributed by atoms with Crippen molar-refractivity contribution in [1.82, 2.24) is 9.13 Å². The number of hydrogen-bond acceptors (Lipinski definition) is 1. The highest BCUT2D eigenvalue weighted by molar-refractivity contribution is 6.11. The van der Waals surface area contributed by atoms with Crippen LogP contribution < -0.4 is 0 Å². The molecule has 4 nitrogen and oxygen atoms in total. The molecule has 0 N–H and O–H groups in total. The molecule has 0 aliphatic heterocycles. The van der Waals surface area contributed by atoms with Crippen molar-refractivity contribution in [3.8, 4) is 39.7 Å². The topological polar surface area (TPSA) is 38.0 Å². The molecule has 2 aromatic heterocycles. The molecule has 0 saturated heterocycles. The van der Waals surface area contributed by atoms with Gasteiger partial charge in [-0.25, -0.2) is 4.85 Å². The number of hydrogen-bond donors (Lipinski definition) is 0. The number of benzene rings is 7. The first-order chi connectivity index (χ1) is 23.8. The Balaban J connectivity index is 1.35. The molecule has 2 heterocycles. The fourth-order valence-corrected chi connectivity index (χ4v) is 7.44. The van der Waals surface area contributed by atoms with Crippen LogP contribution in [0.2, 0.25) is 0 Å². The van der Waals surface area contributed by atoms with Crippen molar-refractivity contribution in [2.45, 2.75) is 0 Å². The van der Waals surface area contributed by atoms with Gasteiger partial charge in [0, 0.05) is 32.7 Å². The zero-order valence-electron chi connectivity index (χ0n) is 25.8. The highest BCUT2D eigenvalue weighted by atomic mass is 15.0. The van der Waals surface area contributed by atoms with Crippen LogP contribution >= 0.6 is 0 Å². The number of rotatable bonds is 4. The van der Waals surface area contributed by atoms with Crippen LogP contribution in [0.15, 0.2) is 158 Å². The van der Waals surface area contributed by atoms with Gasteiger partial charge in [-0.3, -0.25) is 0 Å². The average molecular weight is 611 g/mol. The van der Waals surface area contributed by atoms with Gasteiger partial charge in [-0.1, -0.05) is 121 Å². The Morgan fingerprint density at radius 1 is 0.438 bits per heavy atom. The lowest BCUT2D eigenvalue weighted by Crippen LogP contribution is -2.01. The van der Waals surface area contributed by atoms with Crippen LogP contribution in [0.1, 0.15) is 5.56 Å². The standard InChI is InChI=1S/C44H26N4/c1-46-37-26-27-43(48-41-24-12-7-18-33(41)34-19-8-13-25-42(34)48)36(28-45)44(37)35-20-3-2-14-29(35)30-15-4-9-21-38(30)47-39-22-10-5-16-31(39)32-17-6-11-23-40(32)47/h2-27H. The monoisotopic (exact) mass is 610 g/mol. The Bertz CT molecular complexity index is 2710. The van der Waals surface area contributed by atoms with Crippen LogP contribution in [0.5, 0.6) is 0 Å². The van der Waals surface area contributed by atoms with E-state index < -0.39 is 0 Å². The second kappa shape index (κ2) is 10.9. The maximum Gasteiger partial charge on any atom is 0.196 e. The predicted molar refractivity (Wildman–Crippen MR) is 197 cm³/mol. The Hall–Kier alpha value is -6.88. The Kier molecular flexibility index (Phi) is 6.22. The Morgan fingerprint density at radius 2 is 0.854 bits per heavy atom. The second-order valence-electron chi connectivity index (χ2n) is 11.9. The van der Waals surface area contributed by atoms with Crippen LogP contribution in [0.3, 0.4) is 0 Å². The van der Waals surface area contributed by atoms with Crippen LogP contribution in [0, 0.1) is 17.9 Å². The lowest BCUT2D eigenvalue weighted by molar-refractivity contribution is 1.17. The fraction of sp³-hybridized carbons (Fsp3) is 0. The molecule has 4 heteroatoms. The summed E-state index contributed by atoms with van der Waals surface area (Å²) < 4.78 is 4.49. The third kappa shape index (κ3) is 3.94. The third-order valence-electron chi connectivity index (χ3n) is 9.43. The molecule has 9 aromatic rings. The van der Waals surface area contributed by atoms with Crippen LogP contribution in [0.25, 0.3) is 82.1 Å². The number of para-hydroxylation sites is 5. The summed E-state index contributed by atoms with van der Waals surface area (Å²) in [7, 11) is 0. The molecule has 9 rings (SSSR count). The van der Waals surface area contributed by atoms with E-state index in [9.17, 15) is 5.26 Å². The first kappa shape index (κ1) is 27.4. The van der Waals surface area contributed by atoms with Gasteiger partial charge in [-0.15, -0.1) is 0 Å². The molecule has 0 aliphatic rings. The summed E-state index contributed by atoms with van der Waals surface area (Å²) in [6.45, 7) is 8.23. The van der Waals surface area contributed by atoms with Crippen LogP contribution in [-0.2, 0) is 0 Å². The van der Waals surface area contributed by atoms with Crippen molar-refractivity contribution in [3.63, 3.8) is 0 Å². The zero-order chi connectivity index (χ0) is 32.2. The second-order valence-corrected chi connectivity index (χ2v) is 11.9. The molecule has 0 aliphatic carbocycles. The quantitative estimate of drug-likeness (QED) is 0.183. The lowest BCUT2D eigenvalue weighted by atomic mass is 9.89. The predicted octanol–water partition coefficient (Wildman–Crippen LogP) is 11.6. The van der Waals surface area contributed by atoms with Crippen molar-refractivity contribution < 1.29 is 0 Å². The summed E-state index contributed by atoms with van der Waals surface area (Å²) >= 11 is 0. The van der Waals surface area contributed by atoms with Crippen molar-refractivity contribution in [2.24, 2.45) is 0 Å². The number of fused-ring (bicyclic) bond motifs is 6. The summed E-state index contributed by atoms with van der Waals surface area (Å²) in [5.41, 5.74) is 10.4. The van der Waals surface area contributed by atoms with E-state index in [0.717, 1.165) is 60.9 Å². The molecule has 0 bridgehead atoms. The molecule has 7 aromatic carbocycles. The number of nitriles is 1. The Morgan fingerprint density at radius 3 is 1.35 bits per heavy atom. The zero-order valence-corrected chi connectivity index (χ0v) is 25.8. The van der Waals surface area contributed by atoms with E-state index in [1.807, 2.05) is 54.6 Å². The molecule has 48 heavy (non-hydrogen) atoms. The van der Waals surface area contributed by atoms with Crippen molar-refractivity contribution >= 4 is 49.3 Å². The van der Waals surface area contributed by atoms with Gasteiger partial charge >= 0.3 is 0 Å². The summed E-state index contributed by atoms with van der Waals surface area (Å²) in [4.78, 5) is 3.98. The molecule has 0 spiro atoms. The number of aromatic nitrogens is 2. The summed E-state index contributed by atoms with van der Waals surface area (Å²) in [5.74, 6) is 0. The molecule has 0 unspecified atom stereocenters. The highest BCUT2D eigenvalue weighted by Gasteiger charge is 2.23.